The molecule has 2 atom stereocenters. The third-order valence-electron chi connectivity index (χ3n) is 5.96. The number of rotatable bonds is 5. The van der Waals surface area contributed by atoms with Crippen LogP contribution in [0.4, 0.5) is 8.78 Å². The van der Waals surface area contributed by atoms with Crippen LogP contribution in [0.2, 0.25) is 0 Å². The van der Waals surface area contributed by atoms with Gasteiger partial charge in [0.05, 0.1) is 6.61 Å². The number of piperidine rings is 1. The lowest BCUT2D eigenvalue weighted by Gasteiger charge is -2.32. The van der Waals surface area contributed by atoms with Gasteiger partial charge in [0, 0.05) is 12.1 Å². The van der Waals surface area contributed by atoms with Crippen LogP contribution in [0.25, 0.3) is 0 Å². The Hall–Kier alpha value is -1.75. The fourth-order valence-electron chi connectivity index (χ4n) is 4.36. The molecule has 2 aliphatic rings. The fraction of sp³-hybridized carbons (Fsp3) is 0.391. The van der Waals surface area contributed by atoms with Gasteiger partial charge >= 0.3 is 0 Å². The van der Waals surface area contributed by atoms with Crippen LogP contribution in [0.5, 0.6) is 0 Å². The van der Waals surface area contributed by atoms with Crippen LogP contribution in [-0.4, -0.2) is 30.6 Å². The molecule has 0 amide bonds. The second-order valence-corrected chi connectivity index (χ2v) is 7.64. The molecule has 2 bridgehead atoms. The first-order chi connectivity index (χ1) is 13.1. The molecule has 2 heterocycles. The maximum absolute atomic E-state index is 13.3. The third kappa shape index (κ3) is 4.62. The van der Waals surface area contributed by atoms with E-state index in [1.807, 2.05) is 0 Å². The predicted molar refractivity (Wildman–Crippen MR) is 110 cm³/mol. The van der Waals surface area contributed by atoms with Crippen molar-refractivity contribution in [1.29, 1.82) is 0 Å². The van der Waals surface area contributed by atoms with Gasteiger partial charge < -0.3 is 4.74 Å². The summed E-state index contributed by atoms with van der Waals surface area (Å²) in [7, 11) is 2.23. The highest BCUT2D eigenvalue weighted by atomic mass is 35.5. The molecule has 0 spiro atoms. The highest BCUT2D eigenvalue weighted by Gasteiger charge is 2.35. The number of benzene rings is 2. The summed E-state index contributed by atoms with van der Waals surface area (Å²) in [5, 5.41) is 0. The van der Waals surface area contributed by atoms with E-state index in [2.05, 4.69) is 18.0 Å². The van der Waals surface area contributed by atoms with Gasteiger partial charge in [-0.2, -0.15) is 0 Å². The van der Waals surface area contributed by atoms with Crippen LogP contribution < -0.4 is 0 Å². The second kappa shape index (κ2) is 9.17. The summed E-state index contributed by atoms with van der Waals surface area (Å²) in [5.74, 6) is -0.555. The summed E-state index contributed by atoms with van der Waals surface area (Å²) in [6.07, 6.45) is 6.67. The van der Waals surface area contributed by atoms with Gasteiger partial charge in [-0.05, 0) is 68.1 Å². The second-order valence-electron chi connectivity index (χ2n) is 7.64. The van der Waals surface area contributed by atoms with Gasteiger partial charge in [-0.25, -0.2) is 8.78 Å². The van der Waals surface area contributed by atoms with Gasteiger partial charge in [-0.1, -0.05) is 35.9 Å². The molecule has 4 rings (SSSR count). The van der Waals surface area contributed by atoms with Crippen molar-refractivity contribution in [3.05, 3.63) is 82.9 Å². The van der Waals surface area contributed by atoms with Gasteiger partial charge in [0.15, 0.2) is 0 Å². The Bertz CT molecular complexity index is 745. The zero-order valence-corrected chi connectivity index (χ0v) is 16.8. The van der Waals surface area contributed by atoms with E-state index < -0.39 is 0 Å². The van der Waals surface area contributed by atoms with Crippen molar-refractivity contribution in [2.24, 2.45) is 0 Å². The van der Waals surface area contributed by atoms with Crippen LogP contribution >= 0.6 is 12.4 Å². The van der Waals surface area contributed by atoms with Gasteiger partial charge in [0.1, 0.15) is 17.7 Å². The number of hydrogen-bond donors (Lipinski definition) is 0. The van der Waals surface area contributed by atoms with E-state index in [1.54, 1.807) is 24.3 Å². The maximum Gasteiger partial charge on any atom is 0.123 e. The van der Waals surface area contributed by atoms with Crippen LogP contribution in [-0.2, 0) is 4.74 Å². The summed E-state index contributed by atoms with van der Waals surface area (Å²) < 4.78 is 32.8. The number of fused-ring (bicyclic) bond motifs is 2. The van der Waals surface area contributed by atoms with Crippen molar-refractivity contribution >= 4 is 12.4 Å². The molecule has 5 heteroatoms. The number of nitrogens with zero attached hydrogens (tertiary/aromatic N) is 1. The van der Waals surface area contributed by atoms with Gasteiger partial charge in [-0.15, -0.1) is 12.4 Å². The topological polar surface area (TPSA) is 12.5 Å². The average molecular weight is 406 g/mol. The van der Waals surface area contributed by atoms with Crippen molar-refractivity contribution < 1.29 is 13.5 Å². The first-order valence-corrected chi connectivity index (χ1v) is 9.62. The molecule has 0 aliphatic carbocycles. The maximum atomic E-state index is 13.3. The van der Waals surface area contributed by atoms with Gasteiger partial charge in [0.25, 0.3) is 0 Å². The minimum absolute atomic E-state index is 0. The molecule has 150 valence electrons. The highest BCUT2D eigenvalue weighted by Crippen LogP contribution is 2.37. The predicted octanol–water partition coefficient (Wildman–Crippen LogP) is 5.68. The fourth-order valence-corrected chi connectivity index (χ4v) is 4.36. The number of hydrogen-bond acceptors (Lipinski definition) is 2. The molecule has 0 radical (unpaired) electrons. The van der Waals surface area contributed by atoms with Crippen molar-refractivity contribution in [1.82, 2.24) is 4.90 Å². The number of ether oxygens (including phenoxy) is 1. The Morgan fingerprint density at radius 2 is 1.39 bits per heavy atom. The van der Waals surface area contributed by atoms with E-state index in [0.717, 1.165) is 24.0 Å². The molecular formula is C23H26ClF2NO. The molecule has 2 aromatic carbocycles. The molecule has 28 heavy (non-hydrogen) atoms. The largest absolute Gasteiger partial charge is 0.365 e. The lowest BCUT2D eigenvalue weighted by molar-refractivity contribution is 0.103. The first-order valence-electron chi connectivity index (χ1n) is 9.62. The summed E-state index contributed by atoms with van der Waals surface area (Å²) in [5.41, 5.74) is 3.20. The molecule has 2 unspecified atom stereocenters. The third-order valence-corrected chi connectivity index (χ3v) is 5.96. The molecule has 0 aromatic heterocycles. The minimum atomic E-state index is -0.342. The van der Waals surface area contributed by atoms with E-state index in [4.69, 9.17) is 4.74 Å². The molecule has 2 nitrogen and oxygen atoms in total. The monoisotopic (exact) mass is 405 g/mol. The zero-order valence-electron chi connectivity index (χ0n) is 16.0. The van der Waals surface area contributed by atoms with Crippen molar-refractivity contribution in [3.8, 4) is 0 Å². The quantitative estimate of drug-likeness (QED) is 0.594. The van der Waals surface area contributed by atoms with Gasteiger partial charge in [0.2, 0.25) is 0 Å². The lowest BCUT2D eigenvalue weighted by Crippen LogP contribution is -2.37. The molecule has 2 aromatic rings. The van der Waals surface area contributed by atoms with E-state index in [9.17, 15) is 8.78 Å². The Labute approximate surface area is 171 Å². The van der Waals surface area contributed by atoms with E-state index in [0.29, 0.717) is 18.7 Å². The summed E-state index contributed by atoms with van der Waals surface area (Å²) in [6.45, 7) is 0.498. The van der Waals surface area contributed by atoms with Crippen molar-refractivity contribution in [2.45, 2.75) is 43.9 Å². The van der Waals surface area contributed by atoms with Crippen LogP contribution in [0.3, 0.4) is 0 Å². The zero-order chi connectivity index (χ0) is 18.8. The minimum Gasteiger partial charge on any atom is -0.365 e. The Balaban J connectivity index is 0.00000225. The van der Waals surface area contributed by atoms with Crippen LogP contribution in [0.1, 0.15) is 42.9 Å². The van der Waals surface area contributed by atoms with E-state index in [-0.39, 0.29) is 30.1 Å². The Morgan fingerprint density at radius 3 is 1.86 bits per heavy atom. The summed E-state index contributed by atoms with van der Waals surface area (Å²) in [6, 6.07) is 14.0. The normalized spacial score (nSPS) is 21.6. The molecule has 0 N–H and O–H groups in total. The molecular weight excluding hydrogens is 380 g/mol. The molecule has 2 saturated heterocycles. The summed E-state index contributed by atoms with van der Waals surface area (Å²) >= 11 is 0. The summed E-state index contributed by atoms with van der Waals surface area (Å²) in [4.78, 5) is 2.51. The van der Waals surface area contributed by atoms with E-state index in [1.165, 1.54) is 42.7 Å². The standard InChI is InChI=1S/C23H25F2NO.ClH/c1-26-21-10-11-22(26)15-16(14-21)12-13-27-23(17-2-6-19(24)7-3-17)18-4-8-20(25)9-5-18;/h2-9,12,21-23H,10-11,13-15H2,1H3;1H. The number of halogens is 3. The van der Waals surface area contributed by atoms with Crippen molar-refractivity contribution in [3.63, 3.8) is 0 Å². The lowest BCUT2D eigenvalue weighted by atomic mass is 9.97. The van der Waals surface area contributed by atoms with E-state index >= 15 is 0 Å². The molecule has 0 saturated carbocycles. The van der Waals surface area contributed by atoms with Crippen molar-refractivity contribution in [2.75, 3.05) is 13.7 Å². The first kappa shape index (κ1) is 21.0. The van der Waals surface area contributed by atoms with Crippen LogP contribution in [0.15, 0.2) is 60.2 Å². The van der Waals surface area contributed by atoms with Gasteiger partial charge in [-0.3, -0.25) is 4.90 Å². The average Bonchev–Trinajstić information content (AvgIpc) is 2.88. The Kier molecular flexibility index (Phi) is 6.86. The molecule has 2 fully saturated rings. The van der Waals surface area contributed by atoms with Crippen LogP contribution in [0, 0.1) is 11.6 Å². The molecule has 2 aliphatic heterocycles. The Morgan fingerprint density at radius 1 is 0.929 bits per heavy atom. The smallest absolute Gasteiger partial charge is 0.123 e. The SMILES string of the molecule is CN1C2CCC1CC(=CCOC(c1ccc(F)cc1)c1ccc(F)cc1)C2.Cl. The highest BCUT2D eigenvalue weighted by molar-refractivity contribution is 5.85.